The van der Waals surface area contributed by atoms with E-state index >= 15 is 0 Å². The lowest BCUT2D eigenvalue weighted by atomic mass is 10.1. The van der Waals surface area contributed by atoms with Crippen LogP contribution in [-0.2, 0) is 4.74 Å². The molecule has 1 aromatic rings. The lowest BCUT2D eigenvalue weighted by Gasteiger charge is -2.16. The second kappa shape index (κ2) is 7.31. The molecule has 1 unspecified atom stereocenters. The third kappa shape index (κ3) is 4.36. The van der Waals surface area contributed by atoms with Crippen molar-refractivity contribution in [3.05, 3.63) is 24.3 Å². The van der Waals surface area contributed by atoms with Gasteiger partial charge in [0.05, 0.1) is 11.7 Å². The molecule has 1 heterocycles. The standard InChI is InChI=1S/C11H19N3O/c1-3-13-10(5-4-8-15-2)11-9-12-6-7-14-11/h6-7,9-10,13H,3-5,8H2,1-2H3. The molecule has 0 saturated carbocycles. The summed E-state index contributed by atoms with van der Waals surface area (Å²) in [6.07, 6.45) is 7.31. The minimum atomic E-state index is 0.291. The maximum absolute atomic E-state index is 5.04. The number of hydrogen-bond acceptors (Lipinski definition) is 4. The Labute approximate surface area is 91.1 Å². The average molecular weight is 209 g/mol. The van der Waals surface area contributed by atoms with Crippen LogP contribution in [0.5, 0.6) is 0 Å². The van der Waals surface area contributed by atoms with E-state index in [-0.39, 0.29) is 0 Å². The predicted octanol–water partition coefficient (Wildman–Crippen LogP) is 1.55. The molecule has 0 aliphatic carbocycles. The highest BCUT2D eigenvalue weighted by Gasteiger charge is 2.10. The summed E-state index contributed by atoms with van der Waals surface area (Å²) in [7, 11) is 1.73. The number of aromatic nitrogens is 2. The Morgan fingerprint density at radius 2 is 2.33 bits per heavy atom. The summed E-state index contributed by atoms with van der Waals surface area (Å²) < 4.78 is 5.04. The van der Waals surface area contributed by atoms with Gasteiger partial charge in [-0.25, -0.2) is 0 Å². The molecule has 0 radical (unpaired) electrons. The summed E-state index contributed by atoms with van der Waals surface area (Å²) in [5.74, 6) is 0. The van der Waals surface area contributed by atoms with Gasteiger partial charge < -0.3 is 10.1 Å². The monoisotopic (exact) mass is 209 g/mol. The number of hydrogen-bond donors (Lipinski definition) is 1. The van der Waals surface area contributed by atoms with E-state index in [0.717, 1.165) is 31.7 Å². The van der Waals surface area contributed by atoms with E-state index in [4.69, 9.17) is 4.74 Å². The van der Waals surface area contributed by atoms with Gasteiger partial charge >= 0.3 is 0 Å². The fourth-order valence-electron chi connectivity index (χ4n) is 1.52. The molecule has 0 amide bonds. The average Bonchev–Trinajstić information content (AvgIpc) is 2.29. The van der Waals surface area contributed by atoms with Crippen molar-refractivity contribution in [1.29, 1.82) is 0 Å². The van der Waals surface area contributed by atoms with Crippen LogP contribution in [0.1, 0.15) is 31.5 Å². The Morgan fingerprint density at radius 3 is 2.93 bits per heavy atom. The zero-order chi connectivity index (χ0) is 10.9. The van der Waals surface area contributed by atoms with Crippen LogP contribution >= 0.6 is 0 Å². The molecule has 1 N–H and O–H groups in total. The van der Waals surface area contributed by atoms with Crippen LogP contribution in [0.2, 0.25) is 0 Å². The molecule has 1 aromatic heterocycles. The van der Waals surface area contributed by atoms with Crippen LogP contribution in [0.15, 0.2) is 18.6 Å². The summed E-state index contributed by atoms with van der Waals surface area (Å²) in [6, 6.07) is 0.291. The summed E-state index contributed by atoms with van der Waals surface area (Å²) in [5.41, 5.74) is 1.01. The Morgan fingerprint density at radius 1 is 1.47 bits per heavy atom. The quantitative estimate of drug-likeness (QED) is 0.692. The number of methoxy groups -OCH3 is 1. The fourth-order valence-corrected chi connectivity index (χ4v) is 1.52. The lowest BCUT2D eigenvalue weighted by molar-refractivity contribution is 0.188. The van der Waals surface area contributed by atoms with Gasteiger partial charge in [0.1, 0.15) is 0 Å². The Bertz CT molecular complexity index is 253. The zero-order valence-electron chi connectivity index (χ0n) is 9.44. The van der Waals surface area contributed by atoms with Crippen molar-refractivity contribution in [2.75, 3.05) is 20.3 Å². The van der Waals surface area contributed by atoms with Crippen molar-refractivity contribution in [3.63, 3.8) is 0 Å². The highest BCUT2D eigenvalue weighted by molar-refractivity contribution is 5.01. The van der Waals surface area contributed by atoms with Gasteiger partial charge in [-0.05, 0) is 19.4 Å². The SMILES string of the molecule is CCNC(CCCOC)c1cnccn1. The molecular weight excluding hydrogens is 190 g/mol. The molecule has 0 aliphatic rings. The van der Waals surface area contributed by atoms with Gasteiger partial charge in [0.25, 0.3) is 0 Å². The maximum Gasteiger partial charge on any atom is 0.0756 e. The molecule has 0 fully saturated rings. The van der Waals surface area contributed by atoms with E-state index in [1.54, 1.807) is 19.5 Å². The molecule has 1 rings (SSSR count). The van der Waals surface area contributed by atoms with E-state index in [2.05, 4.69) is 22.2 Å². The van der Waals surface area contributed by atoms with Gasteiger partial charge in [-0.1, -0.05) is 6.92 Å². The first kappa shape index (κ1) is 12.1. The fraction of sp³-hybridized carbons (Fsp3) is 0.636. The molecule has 4 nitrogen and oxygen atoms in total. The van der Waals surface area contributed by atoms with Crippen molar-refractivity contribution >= 4 is 0 Å². The molecule has 84 valence electrons. The molecule has 1 atom stereocenters. The van der Waals surface area contributed by atoms with Crippen LogP contribution in [-0.4, -0.2) is 30.2 Å². The van der Waals surface area contributed by atoms with Gasteiger partial charge in [-0.2, -0.15) is 0 Å². The summed E-state index contributed by atoms with van der Waals surface area (Å²) in [6.45, 7) is 3.83. The Hall–Kier alpha value is -1.00. The van der Waals surface area contributed by atoms with Gasteiger partial charge in [0.15, 0.2) is 0 Å². The lowest BCUT2D eigenvalue weighted by Crippen LogP contribution is -2.22. The topological polar surface area (TPSA) is 47.0 Å². The van der Waals surface area contributed by atoms with E-state index in [1.165, 1.54) is 0 Å². The molecule has 15 heavy (non-hydrogen) atoms. The molecule has 0 spiro atoms. The van der Waals surface area contributed by atoms with Crippen LogP contribution in [0.4, 0.5) is 0 Å². The van der Waals surface area contributed by atoms with Crippen molar-refractivity contribution in [2.45, 2.75) is 25.8 Å². The normalized spacial score (nSPS) is 12.7. The first-order valence-electron chi connectivity index (χ1n) is 5.36. The summed E-state index contributed by atoms with van der Waals surface area (Å²) in [5, 5.41) is 3.40. The zero-order valence-corrected chi connectivity index (χ0v) is 9.44. The Balaban J connectivity index is 2.50. The minimum Gasteiger partial charge on any atom is -0.385 e. The van der Waals surface area contributed by atoms with Gasteiger partial charge in [0.2, 0.25) is 0 Å². The first-order chi connectivity index (χ1) is 7.38. The number of nitrogens with one attached hydrogen (secondary N) is 1. The van der Waals surface area contributed by atoms with E-state index < -0.39 is 0 Å². The van der Waals surface area contributed by atoms with Crippen LogP contribution in [0.3, 0.4) is 0 Å². The molecule has 0 aliphatic heterocycles. The number of rotatable bonds is 7. The molecule has 0 saturated heterocycles. The van der Waals surface area contributed by atoms with Crippen molar-refractivity contribution in [2.24, 2.45) is 0 Å². The third-order valence-corrected chi connectivity index (χ3v) is 2.23. The molecule has 4 heteroatoms. The minimum absolute atomic E-state index is 0.291. The van der Waals surface area contributed by atoms with E-state index in [1.807, 2.05) is 6.20 Å². The predicted molar refractivity (Wildman–Crippen MR) is 59.6 cm³/mol. The second-order valence-corrected chi connectivity index (χ2v) is 3.38. The van der Waals surface area contributed by atoms with Crippen LogP contribution < -0.4 is 5.32 Å². The van der Waals surface area contributed by atoms with Gasteiger partial charge in [-0.3, -0.25) is 9.97 Å². The second-order valence-electron chi connectivity index (χ2n) is 3.38. The van der Waals surface area contributed by atoms with Crippen molar-refractivity contribution in [3.8, 4) is 0 Å². The van der Waals surface area contributed by atoms with Gasteiger partial charge in [0, 0.05) is 32.3 Å². The highest BCUT2D eigenvalue weighted by Crippen LogP contribution is 2.14. The summed E-state index contributed by atoms with van der Waals surface area (Å²) in [4.78, 5) is 8.39. The summed E-state index contributed by atoms with van der Waals surface area (Å²) >= 11 is 0. The van der Waals surface area contributed by atoms with Crippen molar-refractivity contribution in [1.82, 2.24) is 15.3 Å². The van der Waals surface area contributed by atoms with Gasteiger partial charge in [-0.15, -0.1) is 0 Å². The third-order valence-electron chi connectivity index (χ3n) is 2.23. The van der Waals surface area contributed by atoms with Crippen molar-refractivity contribution < 1.29 is 4.74 Å². The first-order valence-corrected chi connectivity index (χ1v) is 5.36. The largest absolute Gasteiger partial charge is 0.385 e. The maximum atomic E-state index is 5.04. The number of ether oxygens (including phenoxy) is 1. The van der Waals surface area contributed by atoms with E-state index in [0.29, 0.717) is 6.04 Å². The Kier molecular flexibility index (Phi) is 5.88. The van der Waals surface area contributed by atoms with E-state index in [9.17, 15) is 0 Å². The smallest absolute Gasteiger partial charge is 0.0756 e. The number of nitrogens with zero attached hydrogens (tertiary/aromatic N) is 2. The van der Waals surface area contributed by atoms with Crippen LogP contribution in [0.25, 0.3) is 0 Å². The molecule has 0 bridgehead atoms. The van der Waals surface area contributed by atoms with Crippen LogP contribution in [0, 0.1) is 0 Å². The molecule has 0 aromatic carbocycles. The molecular formula is C11H19N3O. The highest BCUT2D eigenvalue weighted by atomic mass is 16.5.